The van der Waals surface area contributed by atoms with Crippen LogP contribution in [-0.2, 0) is 14.9 Å². The van der Waals surface area contributed by atoms with Crippen molar-refractivity contribution in [2.75, 3.05) is 10.6 Å². The molecule has 2 aromatic carbocycles. The molecule has 0 fully saturated rings. The van der Waals surface area contributed by atoms with E-state index in [1.807, 2.05) is 10.6 Å². The fourth-order valence-electron chi connectivity index (χ4n) is 3.55. The van der Waals surface area contributed by atoms with Crippen molar-refractivity contribution >= 4 is 23.6 Å². The van der Waals surface area contributed by atoms with E-state index in [0.717, 1.165) is 0 Å². The number of phenols is 2. The summed E-state index contributed by atoms with van der Waals surface area (Å²) in [7, 11) is 0. The zero-order chi connectivity index (χ0) is 30.2. The van der Waals surface area contributed by atoms with E-state index in [-0.39, 0.29) is 0 Å². The number of hydrogen-bond acceptors (Lipinski definition) is 6. The van der Waals surface area contributed by atoms with Crippen molar-refractivity contribution in [1.29, 1.82) is 0 Å². The maximum absolute atomic E-state index is 14.6. The highest BCUT2D eigenvalue weighted by atomic mass is 19.4. The van der Waals surface area contributed by atoms with Crippen LogP contribution < -0.4 is 10.6 Å². The van der Waals surface area contributed by atoms with Gasteiger partial charge in [0.15, 0.2) is 0 Å². The predicted molar refractivity (Wildman–Crippen MR) is 129 cm³/mol. The van der Waals surface area contributed by atoms with E-state index in [4.69, 9.17) is 9.47 Å². The van der Waals surface area contributed by atoms with E-state index in [9.17, 15) is 46.1 Å². The van der Waals surface area contributed by atoms with Crippen molar-refractivity contribution in [2.45, 2.75) is 70.5 Å². The number of rotatable bonds is 4. The average molecular weight is 566 g/mol. The van der Waals surface area contributed by atoms with Gasteiger partial charge in [-0.25, -0.2) is 9.59 Å². The number of amides is 2. The topological polar surface area (TPSA) is 117 Å². The Morgan fingerprint density at radius 2 is 0.949 bits per heavy atom. The maximum Gasteiger partial charge on any atom is 0.412 e. The molecule has 216 valence electrons. The molecule has 14 heteroatoms. The summed E-state index contributed by atoms with van der Waals surface area (Å²) >= 11 is 0. The number of ether oxygens (including phenoxy) is 2. The van der Waals surface area contributed by atoms with Crippen LogP contribution in [0.2, 0.25) is 0 Å². The molecular formula is C25H28F6N2O6. The third kappa shape index (κ3) is 7.18. The van der Waals surface area contributed by atoms with Crippen molar-refractivity contribution in [2.24, 2.45) is 0 Å². The van der Waals surface area contributed by atoms with E-state index >= 15 is 0 Å². The number of nitrogens with one attached hydrogen (secondary N) is 2. The molecule has 0 bridgehead atoms. The first-order valence-corrected chi connectivity index (χ1v) is 11.3. The van der Waals surface area contributed by atoms with Crippen molar-refractivity contribution in [3.05, 3.63) is 47.5 Å². The second-order valence-corrected chi connectivity index (χ2v) is 10.5. The number of benzene rings is 2. The van der Waals surface area contributed by atoms with Crippen molar-refractivity contribution in [1.82, 2.24) is 0 Å². The lowest BCUT2D eigenvalue weighted by Crippen LogP contribution is -2.54. The highest BCUT2D eigenvalue weighted by Gasteiger charge is 2.72. The van der Waals surface area contributed by atoms with Gasteiger partial charge in [0.25, 0.3) is 0 Å². The first kappa shape index (κ1) is 31.4. The monoisotopic (exact) mass is 566 g/mol. The molecule has 2 rings (SSSR count). The molecular weight excluding hydrogens is 538 g/mol. The molecule has 0 heterocycles. The van der Waals surface area contributed by atoms with Crippen LogP contribution >= 0.6 is 0 Å². The van der Waals surface area contributed by atoms with Gasteiger partial charge in [-0.2, -0.15) is 26.3 Å². The molecule has 0 aliphatic heterocycles. The van der Waals surface area contributed by atoms with Gasteiger partial charge >= 0.3 is 24.5 Å². The fourth-order valence-corrected chi connectivity index (χ4v) is 3.55. The Hall–Kier alpha value is -3.84. The molecule has 39 heavy (non-hydrogen) atoms. The Bertz CT molecular complexity index is 1130. The standard InChI is InChI=1S/C25H28F6N2O6/c1-21(2,3)38-19(36)32-15-11-13(7-9-17(15)34)23(24(26,27)28,25(29,30)31)14-8-10-18(35)16(12-14)33-20(37)39-22(4,5)6/h7-12,34-35H,1-6H3,(H,32,36)(H,33,37). The molecule has 0 aliphatic carbocycles. The highest BCUT2D eigenvalue weighted by Crippen LogP contribution is 2.57. The minimum atomic E-state index is -6.05. The largest absolute Gasteiger partial charge is 0.506 e. The number of aromatic hydroxyl groups is 2. The Morgan fingerprint density at radius 1 is 0.641 bits per heavy atom. The van der Waals surface area contributed by atoms with E-state index < -0.39 is 75.2 Å². The van der Waals surface area contributed by atoms with Gasteiger partial charge in [0, 0.05) is 0 Å². The van der Waals surface area contributed by atoms with E-state index in [2.05, 4.69) is 0 Å². The van der Waals surface area contributed by atoms with Gasteiger partial charge in [0.1, 0.15) is 22.7 Å². The molecule has 4 N–H and O–H groups in total. The quantitative estimate of drug-likeness (QED) is 0.230. The molecule has 0 unspecified atom stereocenters. The zero-order valence-electron chi connectivity index (χ0n) is 21.8. The number of carbonyl (C=O) groups is 2. The molecule has 0 saturated heterocycles. The number of carbonyl (C=O) groups excluding carboxylic acids is 2. The van der Waals surface area contributed by atoms with Crippen LogP contribution in [0.1, 0.15) is 52.7 Å². The lowest BCUT2D eigenvalue weighted by Gasteiger charge is -2.38. The van der Waals surface area contributed by atoms with Crippen LogP contribution in [0.5, 0.6) is 11.5 Å². The van der Waals surface area contributed by atoms with Crippen molar-refractivity contribution in [3.63, 3.8) is 0 Å². The zero-order valence-corrected chi connectivity index (χ0v) is 21.8. The van der Waals surface area contributed by atoms with Crippen LogP contribution in [0, 0.1) is 0 Å². The summed E-state index contributed by atoms with van der Waals surface area (Å²) in [4.78, 5) is 24.2. The van der Waals surface area contributed by atoms with Crippen LogP contribution in [-0.4, -0.2) is 46.0 Å². The lowest BCUT2D eigenvalue weighted by atomic mass is 9.72. The van der Waals surface area contributed by atoms with Crippen LogP contribution in [0.25, 0.3) is 0 Å². The SMILES string of the molecule is CC(C)(C)OC(=O)Nc1cc(C(c2ccc(O)c(NC(=O)OC(C)(C)C)c2)(C(F)(F)F)C(F)(F)F)ccc1O. The summed E-state index contributed by atoms with van der Waals surface area (Å²) < 4.78 is 97.6. The van der Waals surface area contributed by atoms with Crippen molar-refractivity contribution < 1.29 is 55.6 Å². The predicted octanol–water partition coefficient (Wildman–Crippen LogP) is 7.20. The van der Waals surface area contributed by atoms with Gasteiger partial charge in [0.2, 0.25) is 5.41 Å². The molecule has 0 atom stereocenters. The molecule has 0 aromatic heterocycles. The normalized spacial score (nSPS) is 13.0. The second kappa shape index (κ2) is 10.4. The van der Waals surface area contributed by atoms with Gasteiger partial charge < -0.3 is 19.7 Å². The molecule has 2 aromatic rings. The Labute approximate surface area is 219 Å². The number of halogens is 6. The maximum atomic E-state index is 14.6. The summed E-state index contributed by atoms with van der Waals surface area (Å²) in [6.07, 6.45) is -14.6. The van der Waals surface area contributed by atoms with E-state index in [1.54, 1.807) is 0 Å². The molecule has 0 saturated carbocycles. The third-order valence-electron chi connectivity index (χ3n) is 4.98. The number of anilines is 2. The molecule has 0 aliphatic rings. The Balaban J connectivity index is 2.77. The van der Waals surface area contributed by atoms with E-state index in [0.29, 0.717) is 36.4 Å². The minimum absolute atomic E-state index is 0.314. The van der Waals surface area contributed by atoms with Gasteiger partial charge in [-0.05, 0) is 76.9 Å². The average Bonchev–Trinajstić information content (AvgIpc) is 2.68. The number of phenolic OH excluding ortho intramolecular Hbond substituents is 2. The number of hydrogen-bond donors (Lipinski definition) is 4. The first-order valence-electron chi connectivity index (χ1n) is 11.3. The lowest BCUT2D eigenvalue weighted by molar-refractivity contribution is -0.288. The molecule has 0 spiro atoms. The first-order chi connectivity index (χ1) is 17.5. The van der Waals surface area contributed by atoms with Gasteiger partial charge in [-0.15, -0.1) is 0 Å². The summed E-state index contributed by atoms with van der Waals surface area (Å²) in [6.45, 7) is 8.80. The Morgan fingerprint density at radius 3 is 1.21 bits per heavy atom. The molecule has 2 amide bonds. The third-order valence-corrected chi connectivity index (χ3v) is 4.98. The van der Waals surface area contributed by atoms with Gasteiger partial charge in [0.05, 0.1) is 11.4 Å². The van der Waals surface area contributed by atoms with Gasteiger partial charge in [-0.3, -0.25) is 10.6 Å². The van der Waals surface area contributed by atoms with E-state index in [1.165, 1.54) is 41.5 Å². The van der Waals surface area contributed by atoms with Crippen molar-refractivity contribution in [3.8, 4) is 11.5 Å². The van der Waals surface area contributed by atoms with Crippen LogP contribution in [0.3, 0.4) is 0 Å². The summed E-state index contributed by atoms with van der Waals surface area (Å²) in [5, 5.41) is 24.0. The van der Waals surface area contributed by atoms with Crippen LogP contribution in [0.15, 0.2) is 36.4 Å². The summed E-state index contributed by atoms with van der Waals surface area (Å²) in [5.41, 5.74) is -11.3. The minimum Gasteiger partial charge on any atom is -0.506 e. The molecule has 0 radical (unpaired) electrons. The highest BCUT2D eigenvalue weighted by molar-refractivity contribution is 5.88. The van der Waals surface area contributed by atoms with Crippen LogP contribution in [0.4, 0.5) is 47.3 Å². The summed E-state index contributed by atoms with van der Waals surface area (Å²) in [5.74, 6) is -1.67. The second-order valence-electron chi connectivity index (χ2n) is 10.5. The smallest absolute Gasteiger partial charge is 0.412 e. The fraction of sp³-hybridized carbons (Fsp3) is 0.440. The summed E-state index contributed by atoms with van der Waals surface area (Å²) in [6, 6.07) is 2.51. The molecule has 8 nitrogen and oxygen atoms in total. The Kier molecular flexibility index (Phi) is 8.35. The number of alkyl halides is 6. The van der Waals surface area contributed by atoms with Gasteiger partial charge in [-0.1, -0.05) is 12.1 Å².